The Kier molecular flexibility index (Phi) is 8.04. The number of aromatic nitrogens is 2. The lowest BCUT2D eigenvalue weighted by atomic mass is 10.1. The molecular weight excluding hydrogens is 382 g/mol. The van der Waals surface area contributed by atoms with Crippen molar-refractivity contribution in [2.24, 2.45) is 0 Å². The summed E-state index contributed by atoms with van der Waals surface area (Å²) in [5.41, 5.74) is 1.90. The van der Waals surface area contributed by atoms with Crippen LogP contribution in [-0.2, 0) is 10.5 Å². The van der Waals surface area contributed by atoms with Gasteiger partial charge in [-0.2, -0.15) is 11.8 Å². The van der Waals surface area contributed by atoms with Crippen molar-refractivity contribution in [1.82, 2.24) is 15.5 Å². The van der Waals surface area contributed by atoms with E-state index in [2.05, 4.69) is 34.6 Å². The molecule has 0 fully saturated rings. The number of aryl methyl sites for hydroxylation is 1. The molecule has 148 valence electrons. The van der Waals surface area contributed by atoms with Crippen LogP contribution in [0.15, 0.2) is 33.9 Å². The van der Waals surface area contributed by atoms with Crippen molar-refractivity contribution in [2.45, 2.75) is 56.7 Å². The number of rotatable bonds is 8. The molecule has 2 rings (SSSR count). The minimum Gasteiger partial charge on any atom is -0.444 e. The molecule has 0 bridgehead atoms. The zero-order chi connectivity index (χ0) is 19.9. The summed E-state index contributed by atoms with van der Waals surface area (Å²) >= 11 is 3.18. The van der Waals surface area contributed by atoms with Gasteiger partial charge < -0.3 is 14.5 Å². The summed E-state index contributed by atoms with van der Waals surface area (Å²) in [6.45, 7) is 7.57. The molecule has 0 saturated heterocycles. The van der Waals surface area contributed by atoms with E-state index in [9.17, 15) is 4.79 Å². The van der Waals surface area contributed by atoms with Crippen molar-refractivity contribution in [3.63, 3.8) is 0 Å². The maximum atomic E-state index is 12.1. The molecule has 0 spiro atoms. The lowest BCUT2D eigenvalue weighted by Crippen LogP contribution is -2.35. The van der Waals surface area contributed by atoms with Crippen LogP contribution < -0.4 is 5.32 Å². The van der Waals surface area contributed by atoms with E-state index in [-0.39, 0.29) is 6.04 Å². The first-order valence-electron chi connectivity index (χ1n) is 8.77. The number of carbonyl (C=O) groups excluding carboxylic acids is 1. The summed E-state index contributed by atoms with van der Waals surface area (Å²) in [7, 11) is 0. The highest BCUT2D eigenvalue weighted by molar-refractivity contribution is 7.98. The van der Waals surface area contributed by atoms with Gasteiger partial charge in [-0.05, 0) is 57.3 Å². The second-order valence-corrected chi connectivity index (χ2v) is 9.01. The first-order valence-corrected chi connectivity index (χ1v) is 11.2. The molecule has 27 heavy (non-hydrogen) atoms. The Morgan fingerprint density at radius 1 is 1.30 bits per heavy atom. The van der Waals surface area contributed by atoms with Crippen LogP contribution in [0.3, 0.4) is 0 Å². The molecule has 0 radical (unpaired) electrons. The number of nitrogens with one attached hydrogen (secondary N) is 1. The van der Waals surface area contributed by atoms with Crippen LogP contribution in [0.2, 0.25) is 0 Å². The first-order chi connectivity index (χ1) is 12.8. The van der Waals surface area contributed by atoms with Crippen molar-refractivity contribution < 1.29 is 13.9 Å². The van der Waals surface area contributed by atoms with Gasteiger partial charge in [0, 0.05) is 5.75 Å². The minimum absolute atomic E-state index is 0.368. The molecule has 1 aromatic heterocycles. The van der Waals surface area contributed by atoms with E-state index < -0.39 is 11.7 Å². The van der Waals surface area contributed by atoms with Crippen molar-refractivity contribution in [2.75, 3.05) is 12.0 Å². The lowest BCUT2D eigenvalue weighted by Gasteiger charge is -2.22. The van der Waals surface area contributed by atoms with Crippen molar-refractivity contribution in [3.8, 4) is 0 Å². The molecule has 1 N–H and O–H groups in total. The third kappa shape index (κ3) is 7.46. The number of hydrogen-bond acceptors (Lipinski definition) is 7. The molecule has 1 amide bonds. The SMILES string of the molecule is CSCC[C@H](NC(=O)OC(C)(C)C)c1nnc(SCc2ccccc2C)o1. The quantitative estimate of drug-likeness (QED) is 0.615. The molecule has 0 aliphatic carbocycles. The largest absolute Gasteiger partial charge is 0.444 e. The molecule has 6 nitrogen and oxygen atoms in total. The van der Waals surface area contributed by atoms with E-state index in [1.165, 1.54) is 22.9 Å². The van der Waals surface area contributed by atoms with Gasteiger partial charge in [-0.3, -0.25) is 0 Å². The molecule has 1 atom stereocenters. The molecule has 1 heterocycles. The number of alkyl carbamates (subject to hydrolysis) is 1. The molecule has 0 aliphatic rings. The van der Waals surface area contributed by atoms with Gasteiger partial charge in [-0.1, -0.05) is 36.0 Å². The second kappa shape index (κ2) is 10.0. The Bertz CT molecular complexity index is 744. The van der Waals surface area contributed by atoms with Gasteiger partial charge in [-0.15, -0.1) is 10.2 Å². The van der Waals surface area contributed by atoms with Crippen LogP contribution in [0.5, 0.6) is 0 Å². The minimum atomic E-state index is -0.558. The van der Waals surface area contributed by atoms with Crippen LogP contribution in [0.25, 0.3) is 0 Å². The van der Waals surface area contributed by atoms with Crippen LogP contribution >= 0.6 is 23.5 Å². The molecule has 2 aromatic rings. The molecule has 1 aromatic carbocycles. The predicted octanol–water partition coefficient (Wildman–Crippen LogP) is 4.99. The Morgan fingerprint density at radius 2 is 2.04 bits per heavy atom. The second-order valence-electron chi connectivity index (χ2n) is 7.10. The fourth-order valence-electron chi connectivity index (χ4n) is 2.27. The zero-order valence-corrected chi connectivity index (χ0v) is 18.1. The predicted molar refractivity (Wildman–Crippen MR) is 110 cm³/mol. The average Bonchev–Trinajstić information content (AvgIpc) is 3.05. The van der Waals surface area contributed by atoms with Gasteiger partial charge in [0.2, 0.25) is 5.89 Å². The van der Waals surface area contributed by atoms with E-state index in [1.54, 1.807) is 11.8 Å². The average molecular weight is 410 g/mol. The number of nitrogens with zero attached hydrogens (tertiary/aromatic N) is 2. The molecular formula is C19H27N3O3S2. The fourth-order valence-corrected chi connectivity index (χ4v) is 3.59. The van der Waals surface area contributed by atoms with Crippen LogP contribution in [0.1, 0.15) is 50.3 Å². The summed E-state index contributed by atoms with van der Waals surface area (Å²) in [6.07, 6.45) is 2.22. The highest BCUT2D eigenvalue weighted by Gasteiger charge is 2.24. The van der Waals surface area contributed by atoms with Gasteiger partial charge in [0.25, 0.3) is 5.22 Å². The molecule has 0 aliphatic heterocycles. The Labute approximate surface area is 169 Å². The number of carbonyl (C=O) groups is 1. The lowest BCUT2D eigenvalue weighted by molar-refractivity contribution is 0.0493. The maximum Gasteiger partial charge on any atom is 0.408 e. The van der Waals surface area contributed by atoms with E-state index in [0.717, 1.165) is 11.5 Å². The van der Waals surface area contributed by atoms with Gasteiger partial charge >= 0.3 is 6.09 Å². The summed E-state index contributed by atoms with van der Waals surface area (Å²) < 4.78 is 11.1. The zero-order valence-electron chi connectivity index (χ0n) is 16.4. The number of benzene rings is 1. The monoisotopic (exact) mass is 409 g/mol. The number of amides is 1. The van der Waals surface area contributed by atoms with E-state index >= 15 is 0 Å². The molecule has 0 unspecified atom stereocenters. The Morgan fingerprint density at radius 3 is 2.70 bits per heavy atom. The van der Waals surface area contributed by atoms with Gasteiger partial charge in [0.05, 0.1) is 0 Å². The van der Waals surface area contributed by atoms with E-state index in [0.29, 0.717) is 17.5 Å². The van der Waals surface area contributed by atoms with Crippen LogP contribution in [-0.4, -0.2) is 33.9 Å². The Balaban J connectivity index is 2.01. The van der Waals surface area contributed by atoms with E-state index in [4.69, 9.17) is 9.15 Å². The Hall–Kier alpha value is -1.67. The normalized spacial score (nSPS) is 12.6. The number of hydrogen-bond donors (Lipinski definition) is 1. The van der Waals surface area contributed by atoms with Crippen LogP contribution in [0.4, 0.5) is 4.79 Å². The molecule has 0 saturated carbocycles. The topological polar surface area (TPSA) is 77.2 Å². The summed E-state index contributed by atoms with van der Waals surface area (Å²) in [5.74, 6) is 2.01. The van der Waals surface area contributed by atoms with Gasteiger partial charge in [-0.25, -0.2) is 4.79 Å². The van der Waals surface area contributed by atoms with E-state index in [1.807, 2.05) is 39.2 Å². The van der Waals surface area contributed by atoms with Crippen LogP contribution in [0, 0.1) is 6.92 Å². The van der Waals surface area contributed by atoms with Gasteiger partial charge in [0.1, 0.15) is 11.6 Å². The highest BCUT2D eigenvalue weighted by atomic mass is 32.2. The third-order valence-electron chi connectivity index (χ3n) is 3.63. The molecule has 8 heteroatoms. The van der Waals surface area contributed by atoms with Crippen molar-refractivity contribution in [1.29, 1.82) is 0 Å². The first kappa shape index (κ1) is 21.6. The van der Waals surface area contributed by atoms with Gasteiger partial charge in [0.15, 0.2) is 0 Å². The van der Waals surface area contributed by atoms with Crippen molar-refractivity contribution in [3.05, 3.63) is 41.3 Å². The van der Waals surface area contributed by atoms with Crippen molar-refractivity contribution >= 4 is 29.6 Å². The fraction of sp³-hybridized carbons (Fsp3) is 0.526. The summed E-state index contributed by atoms with van der Waals surface area (Å²) in [4.78, 5) is 12.1. The number of thioether (sulfide) groups is 2. The summed E-state index contributed by atoms with van der Waals surface area (Å²) in [5, 5.41) is 11.6. The summed E-state index contributed by atoms with van der Waals surface area (Å²) in [6, 6.07) is 7.84. The standard InChI is InChI=1S/C19H27N3O3S2/c1-13-8-6-7-9-14(13)12-27-18-22-21-16(24-18)15(10-11-26-5)20-17(23)25-19(2,3)4/h6-9,15H,10-12H2,1-5H3,(H,20,23)/t15-/m0/s1. The highest BCUT2D eigenvalue weighted by Crippen LogP contribution is 2.26. The maximum absolute atomic E-state index is 12.1. The number of ether oxygens (including phenoxy) is 1. The smallest absolute Gasteiger partial charge is 0.408 e. The third-order valence-corrected chi connectivity index (χ3v) is 5.15.